The molecule has 0 aromatic heterocycles. The minimum absolute atomic E-state index is 0.0119. The highest BCUT2D eigenvalue weighted by molar-refractivity contribution is 7.89. The average molecular weight is 421 g/mol. The monoisotopic (exact) mass is 420 g/mol. The lowest BCUT2D eigenvalue weighted by atomic mass is 10.2. The summed E-state index contributed by atoms with van der Waals surface area (Å²) in [6.45, 7) is 10.0. The lowest BCUT2D eigenvalue weighted by molar-refractivity contribution is 0.224. The molecule has 0 fully saturated rings. The summed E-state index contributed by atoms with van der Waals surface area (Å²) in [7, 11) is -3.78. The van der Waals surface area contributed by atoms with Crippen molar-refractivity contribution in [1.82, 2.24) is 4.83 Å². The molecule has 2 aromatic rings. The van der Waals surface area contributed by atoms with Gasteiger partial charge in [-0.3, -0.25) is 0 Å². The SMILES string of the molecule is CCOc1cc(/C=N/NS(=O)(=O)c2ccc(OC(C)C)cc2)ccc1OC(C)C. The van der Waals surface area contributed by atoms with Crippen LogP contribution in [0.4, 0.5) is 0 Å². The minimum Gasteiger partial charge on any atom is -0.491 e. The van der Waals surface area contributed by atoms with Gasteiger partial charge in [0.1, 0.15) is 5.75 Å². The van der Waals surface area contributed by atoms with Crippen molar-refractivity contribution in [3.63, 3.8) is 0 Å². The van der Waals surface area contributed by atoms with Crippen molar-refractivity contribution in [1.29, 1.82) is 0 Å². The molecule has 0 aliphatic carbocycles. The van der Waals surface area contributed by atoms with Gasteiger partial charge in [-0.1, -0.05) is 0 Å². The van der Waals surface area contributed by atoms with Crippen LogP contribution >= 0.6 is 0 Å². The summed E-state index contributed by atoms with van der Waals surface area (Å²) < 4.78 is 41.6. The lowest BCUT2D eigenvalue weighted by Gasteiger charge is -2.14. The summed E-state index contributed by atoms with van der Waals surface area (Å²) in [5.74, 6) is 1.81. The Hall–Kier alpha value is -2.74. The van der Waals surface area contributed by atoms with Crippen LogP contribution in [0.3, 0.4) is 0 Å². The Morgan fingerprint density at radius 1 is 0.966 bits per heavy atom. The Bertz CT molecular complexity index is 923. The Labute approximate surface area is 172 Å². The van der Waals surface area contributed by atoms with Gasteiger partial charge in [-0.25, -0.2) is 4.83 Å². The van der Waals surface area contributed by atoms with E-state index in [9.17, 15) is 8.42 Å². The van der Waals surface area contributed by atoms with Crippen LogP contribution in [0, 0.1) is 0 Å². The van der Waals surface area contributed by atoms with Gasteiger partial charge in [0, 0.05) is 0 Å². The molecule has 7 nitrogen and oxygen atoms in total. The fraction of sp³-hybridized carbons (Fsp3) is 0.381. The van der Waals surface area contributed by atoms with Gasteiger partial charge in [0.2, 0.25) is 0 Å². The summed E-state index contributed by atoms with van der Waals surface area (Å²) >= 11 is 0. The van der Waals surface area contributed by atoms with Gasteiger partial charge in [0.05, 0.1) is 29.9 Å². The largest absolute Gasteiger partial charge is 0.491 e. The predicted octanol–water partition coefficient (Wildman–Crippen LogP) is 3.97. The standard InChI is InChI=1S/C21H28N2O5S/c1-6-26-21-13-17(7-12-20(21)28-16(4)5)14-22-23-29(24,25)19-10-8-18(9-11-19)27-15(2)3/h7-16,23H,6H2,1-5H3/b22-14+. The Morgan fingerprint density at radius 2 is 1.62 bits per heavy atom. The molecule has 0 saturated carbocycles. The fourth-order valence-corrected chi connectivity index (χ4v) is 3.21. The molecular formula is C21H28N2O5S. The van der Waals surface area contributed by atoms with Gasteiger partial charge in [-0.2, -0.15) is 13.5 Å². The van der Waals surface area contributed by atoms with Crippen LogP contribution in [0.5, 0.6) is 17.2 Å². The first-order valence-electron chi connectivity index (χ1n) is 9.46. The number of hydrogen-bond donors (Lipinski definition) is 1. The second-order valence-corrected chi connectivity index (χ2v) is 8.46. The van der Waals surface area contributed by atoms with E-state index in [-0.39, 0.29) is 17.1 Å². The second-order valence-electron chi connectivity index (χ2n) is 6.80. The van der Waals surface area contributed by atoms with Gasteiger partial charge in [0.25, 0.3) is 10.0 Å². The van der Waals surface area contributed by atoms with Gasteiger partial charge in [0.15, 0.2) is 11.5 Å². The number of ether oxygens (including phenoxy) is 3. The van der Waals surface area contributed by atoms with Crippen molar-refractivity contribution in [3.05, 3.63) is 48.0 Å². The van der Waals surface area contributed by atoms with E-state index in [0.717, 1.165) is 0 Å². The van der Waals surface area contributed by atoms with Crippen molar-refractivity contribution in [2.45, 2.75) is 51.7 Å². The van der Waals surface area contributed by atoms with E-state index in [1.54, 1.807) is 30.3 Å². The topological polar surface area (TPSA) is 86.2 Å². The van der Waals surface area contributed by atoms with Crippen molar-refractivity contribution < 1.29 is 22.6 Å². The third-order valence-electron chi connectivity index (χ3n) is 3.52. The lowest BCUT2D eigenvalue weighted by Crippen LogP contribution is -2.18. The molecule has 2 rings (SSSR count). The van der Waals surface area contributed by atoms with E-state index < -0.39 is 10.0 Å². The van der Waals surface area contributed by atoms with Crippen LogP contribution in [0.1, 0.15) is 40.2 Å². The number of hydrazone groups is 1. The second kappa shape index (κ2) is 10.2. The Kier molecular flexibility index (Phi) is 7.90. The summed E-state index contributed by atoms with van der Waals surface area (Å²) in [5.41, 5.74) is 0.674. The highest BCUT2D eigenvalue weighted by Crippen LogP contribution is 2.29. The minimum atomic E-state index is -3.78. The molecule has 1 N–H and O–H groups in total. The molecule has 0 unspecified atom stereocenters. The highest BCUT2D eigenvalue weighted by atomic mass is 32.2. The molecule has 0 heterocycles. The summed E-state index contributed by atoms with van der Waals surface area (Å²) in [4.78, 5) is 2.31. The van der Waals surface area contributed by atoms with Gasteiger partial charge < -0.3 is 14.2 Å². The quantitative estimate of drug-likeness (QED) is 0.464. The number of benzene rings is 2. The molecule has 0 radical (unpaired) electrons. The molecule has 0 bridgehead atoms. The maximum atomic E-state index is 12.4. The number of hydrogen-bond acceptors (Lipinski definition) is 6. The van der Waals surface area contributed by atoms with Crippen LogP contribution < -0.4 is 19.0 Å². The van der Waals surface area contributed by atoms with E-state index in [0.29, 0.717) is 29.4 Å². The number of sulfonamides is 1. The van der Waals surface area contributed by atoms with Crippen molar-refractivity contribution >= 4 is 16.2 Å². The Morgan fingerprint density at radius 3 is 2.21 bits per heavy atom. The van der Waals surface area contributed by atoms with E-state index >= 15 is 0 Å². The molecule has 0 spiro atoms. The molecule has 8 heteroatoms. The molecule has 0 aliphatic rings. The van der Waals surface area contributed by atoms with Crippen molar-refractivity contribution in [2.75, 3.05) is 6.61 Å². The first kappa shape index (κ1) is 22.5. The van der Waals surface area contributed by atoms with Crippen LogP contribution in [0.25, 0.3) is 0 Å². The summed E-state index contributed by atoms with van der Waals surface area (Å²) in [6, 6.07) is 11.5. The molecule has 0 aliphatic heterocycles. The van der Waals surface area contributed by atoms with Gasteiger partial charge in [-0.05, 0) is 82.6 Å². The Balaban J connectivity index is 2.10. The van der Waals surface area contributed by atoms with E-state index in [4.69, 9.17) is 14.2 Å². The first-order chi connectivity index (χ1) is 13.7. The molecule has 29 heavy (non-hydrogen) atoms. The maximum absolute atomic E-state index is 12.4. The first-order valence-corrected chi connectivity index (χ1v) is 10.9. The number of nitrogens with zero attached hydrogens (tertiary/aromatic N) is 1. The summed E-state index contributed by atoms with van der Waals surface area (Å²) in [5, 5.41) is 3.86. The predicted molar refractivity (Wildman–Crippen MR) is 113 cm³/mol. The molecule has 0 atom stereocenters. The highest BCUT2D eigenvalue weighted by Gasteiger charge is 2.13. The molecule has 158 valence electrons. The van der Waals surface area contributed by atoms with Gasteiger partial charge in [-0.15, -0.1) is 0 Å². The zero-order chi connectivity index (χ0) is 21.4. The normalized spacial score (nSPS) is 11.8. The number of rotatable bonds is 10. The van der Waals surface area contributed by atoms with Crippen molar-refractivity contribution in [2.24, 2.45) is 5.10 Å². The fourth-order valence-electron chi connectivity index (χ4n) is 2.42. The van der Waals surface area contributed by atoms with Crippen LogP contribution in [-0.4, -0.2) is 33.4 Å². The molecular weight excluding hydrogens is 392 g/mol. The average Bonchev–Trinajstić information content (AvgIpc) is 2.63. The van der Waals surface area contributed by atoms with Crippen LogP contribution in [-0.2, 0) is 10.0 Å². The van der Waals surface area contributed by atoms with E-state index in [2.05, 4.69) is 9.93 Å². The van der Waals surface area contributed by atoms with Gasteiger partial charge >= 0.3 is 0 Å². The molecule has 0 saturated heterocycles. The zero-order valence-electron chi connectivity index (χ0n) is 17.4. The smallest absolute Gasteiger partial charge is 0.276 e. The van der Waals surface area contributed by atoms with E-state index in [1.807, 2.05) is 34.6 Å². The van der Waals surface area contributed by atoms with Crippen molar-refractivity contribution in [3.8, 4) is 17.2 Å². The third-order valence-corrected chi connectivity index (χ3v) is 4.76. The molecule has 2 aromatic carbocycles. The third kappa shape index (κ3) is 6.98. The number of nitrogens with one attached hydrogen (secondary N) is 1. The summed E-state index contributed by atoms with van der Waals surface area (Å²) in [6.07, 6.45) is 1.44. The maximum Gasteiger partial charge on any atom is 0.276 e. The zero-order valence-corrected chi connectivity index (χ0v) is 18.2. The molecule has 0 amide bonds. The van der Waals surface area contributed by atoms with Crippen LogP contribution in [0.15, 0.2) is 52.5 Å². The van der Waals surface area contributed by atoms with E-state index in [1.165, 1.54) is 18.3 Å². The van der Waals surface area contributed by atoms with Crippen LogP contribution in [0.2, 0.25) is 0 Å².